The average Bonchev–Trinajstić information content (AvgIpc) is 2.82. The Morgan fingerprint density at radius 2 is 2.14 bits per heavy atom. The Labute approximate surface area is 127 Å². The Bertz CT molecular complexity index is 668. The maximum absolute atomic E-state index is 11.8. The molecule has 3 N–H and O–H groups in total. The topological polar surface area (TPSA) is 90.0 Å². The molecule has 0 bridgehead atoms. The maximum atomic E-state index is 11.8. The van der Waals surface area contributed by atoms with Crippen molar-refractivity contribution in [1.82, 2.24) is 14.9 Å². The molecular formula is C14H18N4O2S. The molecule has 1 aromatic heterocycles. The first-order valence-corrected chi connectivity index (χ1v) is 7.68. The third kappa shape index (κ3) is 3.55. The number of fused-ring (bicyclic) bond motifs is 1. The van der Waals surface area contributed by atoms with Crippen molar-refractivity contribution in [2.75, 3.05) is 5.75 Å². The number of carbonyl (C=O) groups is 2. The number of aryl methyl sites for hydroxylation is 1. The minimum absolute atomic E-state index is 0.195. The van der Waals surface area contributed by atoms with Crippen LogP contribution in [-0.4, -0.2) is 33.2 Å². The number of benzene rings is 1. The molecule has 2 rings (SSSR count). The number of carbonyl (C=O) groups excluding carboxylic acids is 2. The number of nitrogens with one attached hydrogen (secondary N) is 1. The Kier molecular flexibility index (Phi) is 4.85. The van der Waals surface area contributed by atoms with Crippen molar-refractivity contribution < 1.29 is 9.59 Å². The van der Waals surface area contributed by atoms with Crippen molar-refractivity contribution in [2.24, 2.45) is 5.73 Å². The molecule has 0 radical (unpaired) electrons. The molecular weight excluding hydrogens is 288 g/mol. The Balaban J connectivity index is 2.06. The van der Waals surface area contributed by atoms with Crippen molar-refractivity contribution in [1.29, 1.82) is 0 Å². The van der Waals surface area contributed by atoms with Gasteiger partial charge in [-0.2, -0.15) is 0 Å². The van der Waals surface area contributed by atoms with Crippen LogP contribution in [0.5, 0.6) is 0 Å². The smallest absolute Gasteiger partial charge is 0.239 e. The predicted molar refractivity (Wildman–Crippen MR) is 82.9 cm³/mol. The summed E-state index contributed by atoms with van der Waals surface area (Å²) in [6, 6.07) is 7.19. The molecule has 1 heterocycles. The second-order valence-corrected chi connectivity index (χ2v) is 5.55. The zero-order valence-electron chi connectivity index (χ0n) is 12.0. The van der Waals surface area contributed by atoms with E-state index in [-0.39, 0.29) is 11.7 Å². The van der Waals surface area contributed by atoms with Gasteiger partial charge in [0.15, 0.2) is 5.16 Å². The van der Waals surface area contributed by atoms with Gasteiger partial charge in [0, 0.05) is 6.54 Å². The lowest BCUT2D eigenvalue weighted by atomic mass is 10.3. The molecule has 0 saturated carbocycles. The van der Waals surface area contributed by atoms with Crippen LogP contribution in [0.15, 0.2) is 29.4 Å². The summed E-state index contributed by atoms with van der Waals surface area (Å²) in [7, 11) is 0. The van der Waals surface area contributed by atoms with Crippen LogP contribution >= 0.6 is 11.8 Å². The number of para-hydroxylation sites is 2. The van der Waals surface area contributed by atoms with E-state index in [1.54, 1.807) is 6.92 Å². The van der Waals surface area contributed by atoms with Crippen LogP contribution in [0.4, 0.5) is 0 Å². The molecule has 2 aromatic rings. The zero-order valence-corrected chi connectivity index (χ0v) is 12.8. The van der Waals surface area contributed by atoms with Gasteiger partial charge >= 0.3 is 0 Å². The average molecular weight is 306 g/mol. The van der Waals surface area contributed by atoms with Gasteiger partial charge in [0.1, 0.15) is 6.04 Å². The molecule has 0 fully saturated rings. The van der Waals surface area contributed by atoms with Crippen LogP contribution in [-0.2, 0) is 16.1 Å². The Hall–Kier alpha value is -2.02. The molecule has 0 aliphatic rings. The van der Waals surface area contributed by atoms with Crippen molar-refractivity contribution >= 4 is 34.6 Å². The monoisotopic (exact) mass is 306 g/mol. The first-order chi connectivity index (χ1) is 10.0. The third-order valence-corrected chi connectivity index (χ3v) is 4.05. The van der Waals surface area contributed by atoms with E-state index in [2.05, 4.69) is 14.9 Å². The second kappa shape index (κ2) is 6.62. The van der Waals surface area contributed by atoms with Crippen LogP contribution in [0.25, 0.3) is 11.0 Å². The highest BCUT2D eigenvalue weighted by Gasteiger charge is 2.15. The lowest BCUT2D eigenvalue weighted by Crippen LogP contribution is -2.42. The number of nitrogens with zero attached hydrogens (tertiary/aromatic N) is 2. The number of imidazole rings is 1. The van der Waals surface area contributed by atoms with Gasteiger partial charge in [0.25, 0.3) is 0 Å². The number of thioether (sulfide) groups is 1. The number of primary amides is 1. The van der Waals surface area contributed by atoms with Gasteiger partial charge in [-0.1, -0.05) is 23.9 Å². The van der Waals surface area contributed by atoms with E-state index in [1.165, 1.54) is 11.8 Å². The van der Waals surface area contributed by atoms with E-state index < -0.39 is 11.9 Å². The van der Waals surface area contributed by atoms with Crippen LogP contribution in [0.1, 0.15) is 13.8 Å². The van der Waals surface area contributed by atoms with Gasteiger partial charge in [-0.05, 0) is 26.0 Å². The van der Waals surface area contributed by atoms with Gasteiger partial charge in [-0.3, -0.25) is 9.59 Å². The Morgan fingerprint density at radius 3 is 2.81 bits per heavy atom. The van der Waals surface area contributed by atoms with E-state index in [4.69, 9.17) is 5.73 Å². The lowest BCUT2D eigenvalue weighted by molar-refractivity contribution is -0.125. The second-order valence-electron chi connectivity index (χ2n) is 4.61. The fraction of sp³-hybridized carbons (Fsp3) is 0.357. The quantitative estimate of drug-likeness (QED) is 0.783. The van der Waals surface area contributed by atoms with Crippen LogP contribution in [0.3, 0.4) is 0 Å². The SMILES string of the molecule is CCn1c(SCC(=O)NC(C)C(N)=O)nc2ccccc21. The highest BCUT2D eigenvalue weighted by Crippen LogP contribution is 2.23. The van der Waals surface area contributed by atoms with Crippen molar-refractivity contribution in [3.8, 4) is 0 Å². The number of hydrogen-bond acceptors (Lipinski definition) is 4. The van der Waals surface area contributed by atoms with E-state index >= 15 is 0 Å². The number of amides is 2. The molecule has 1 unspecified atom stereocenters. The molecule has 1 atom stereocenters. The molecule has 0 aliphatic carbocycles. The largest absolute Gasteiger partial charge is 0.368 e. The third-order valence-electron chi connectivity index (χ3n) is 3.07. The van der Waals surface area contributed by atoms with Crippen molar-refractivity contribution in [2.45, 2.75) is 31.6 Å². The fourth-order valence-corrected chi connectivity index (χ4v) is 2.84. The van der Waals surface area contributed by atoms with Crippen molar-refractivity contribution in [3.05, 3.63) is 24.3 Å². The number of nitrogens with two attached hydrogens (primary N) is 1. The zero-order chi connectivity index (χ0) is 15.4. The first-order valence-electron chi connectivity index (χ1n) is 6.69. The summed E-state index contributed by atoms with van der Waals surface area (Å²) < 4.78 is 2.06. The summed E-state index contributed by atoms with van der Waals surface area (Å²) >= 11 is 1.35. The molecule has 6 nitrogen and oxygen atoms in total. The molecule has 0 aliphatic heterocycles. The predicted octanol–water partition coefficient (Wildman–Crippen LogP) is 1.14. The minimum atomic E-state index is -0.664. The van der Waals surface area contributed by atoms with Gasteiger partial charge in [-0.25, -0.2) is 4.98 Å². The van der Waals surface area contributed by atoms with Gasteiger partial charge in [-0.15, -0.1) is 0 Å². The molecule has 0 spiro atoms. The summed E-state index contributed by atoms with van der Waals surface area (Å²) in [5, 5.41) is 3.34. The Morgan fingerprint density at radius 1 is 1.43 bits per heavy atom. The van der Waals surface area contributed by atoms with E-state index in [0.29, 0.717) is 0 Å². The van der Waals surface area contributed by atoms with Crippen LogP contribution in [0.2, 0.25) is 0 Å². The molecule has 1 aromatic carbocycles. The summed E-state index contributed by atoms with van der Waals surface area (Å²) in [5.41, 5.74) is 7.07. The molecule has 0 saturated heterocycles. The minimum Gasteiger partial charge on any atom is -0.368 e. The number of aromatic nitrogens is 2. The number of rotatable bonds is 6. The van der Waals surface area contributed by atoms with E-state index in [9.17, 15) is 9.59 Å². The van der Waals surface area contributed by atoms with E-state index in [1.807, 2.05) is 31.2 Å². The first kappa shape index (κ1) is 15.4. The summed E-state index contributed by atoms with van der Waals surface area (Å²) in [5.74, 6) is -0.587. The number of hydrogen-bond donors (Lipinski definition) is 2. The van der Waals surface area contributed by atoms with Gasteiger partial charge < -0.3 is 15.6 Å². The molecule has 7 heteroatoms. The fourth-order valence-electron chi connectivity index (χ4n) is 1.95. The summed E-state index contributed by atoms with van der Waals surface area (Å²) in [6.07, 6.45) is 0. The summed E-state index contributed by atoms with van der Waals surface area (Å²) in [6.45, 7) is 4.38. The van der Waals surface area contributed by atoms with Crippen LogP contribution in [0, 0.1) is 0 Å². The van der Waals surface area contributed by atoms with Gasteiger partial charge in [0.05, 0.1) is 16.8 Å². The molecule has 2 amide bonds. The van der Waals surface area contributed by atoms with Crippen molar-refractivity contribution in [3.63, 3.8) is 0 Å². The maximum Gasteiger partial charge on any atom is 0.239 e. The van der Waals surface area contributed by atoms with Gasteiger partial charge in [0.2, 0.25) is 11.8 Å². The highest BCUT2D eigenvalue weighted by atomic mass is 32.2. The summed E-state index contributed by atoms with van der Waals surface area (Å²) in [4.78, 5) is 27.2. The molecule has 21 heavy (non-hydrogen) atoms. The standard InChI is InChI=1S/C14H18N4O2S/c1-3-18-11-7-5-4-6-10(11)17-14(18)21-8-12(19)16-9(2)13(15)20/h4-7,9H,3,8H2,1-2H3,(H2,15,20)(H,16,19). The van der Waals surface area contributed by atoms with E-state index in [0.717, 1.165) is 22.7 Å². The normalized spacial score (nSPS) is 12.3. The molecule has 112 valence electrons. The lowest BCUT2D eigenvalue weighted by Gasteiger charge is -2.10. The van der Waals surface area contributed by atoms with Crippen LogP contribution < -0.4 is 11.1 Å². The highest BCUT2D eigenvalue weighted by molar-refractivity contribution is 7.99.